The van der Waals surface area contributed by atoms with E-state index in [-0.39, 0.29) is 0 Å². The van der Waals surface area contributed by atoms with Gasteiger partial charge in [0.05, 0.1) is 0 Å². The average molecular weight is 213 g/mol. The highest BCUT2D eigenvalue weighted by Crippen LogP contribution is 2.34. The lowest BCUT2D eigenvalue weighted by atomic mass is 9.75. The predicted molar refractivity (Wildman–Crippen MR) is 65.1 cm³/mol. The molecule has 0 amide bonds. The van der Waals surface area contributed by atoms with Gasteiger partial charge in [-0.3, -0.25) is 0 Å². The number of ether oxygens (including phenoxy) is 1. The van der Waals surface area contributed by atoms with Crippen molar-refractivity contribution in [3.05, 3.63) is 0 Å². The monoisotopic (exact) mass is 213 g/mol. The standard InChI is InChI=1S/C13H27NO/c1-13(2,3)12-6-9-14(10-7-12)8-5-11-15-4/h12H,5-11H2,1-4H3. The fourth-order valence-corrected chi connectivity index (χ4v) is 2.46. The third kappa shape index (κ3) is 4.52. The number of hydrogen-bond donors (Lipinski definition) is 0. The molecule has 1 saturated heterocycles. The van der Waals surface area contributed by atoms with Crippen LogP contribution in [0.2, 0.25) is 0 Å². The molecule has 0 radical (unpaired) electrons. The van der Waals surface area contributed by atoms with E-state index in [0.717, 1.165) is 12.5 Å². The van der Waals surface area contributed by atoms with E-state index in [9.17, 15) is 0 Å². The van der Waals surface area contributed by atoms with Crippen molar-refractivity contribution in [2.75, 3.05) is 33.4 Å². The molecule has 0 bridgehead atoms. The minimum absolute atomic E-state index is 0.499. The van der Waals surface area contributed by atoms with Crippen LogP contribution in [0.3, 0.4) is 0 Å². The summed E-state index contributed by atoms with van der Waals surface area (Å²) in [6.07, 6.45) is 3.92. The summed E-state index contributed by atoms with van der Waals surface area (Å²) >= 11 is 0. The van der Waals surface area contributed by atoms with Crippen molar-refractivity contribution < 1.29 is 4.74 Å². The molecule has 1 fully saturated rings. The largest absolute Gasteiger partial charge is 0.385 e. The molecule has 0 aromatic carbocycles. The molecule has 1 heterocycles. The van der Waals surface area contributed by atoms with Crippen molar-refractivity contribution in [1.29, 1.82) is 0 Å². The second-order valence-corrected chi connectivity index (χ2v) is 5.83. The zero-order chi connectivity index (χ0) is 11.3. The topological polar surface area (TPSA) is 12.5 Å². The third-order valence-electron chi connectivity index (χ3n) is 3.64. The molecule has 1 rings (SSSR count). The van der Waals surface area contributed by atoms with Gasteiger partial charge < -0.3 is 9.64 Å². The molecule has 0 N–H and O–H groups in total. The summed E-state index contributed by atoms with van der Waals surface area (Å²) < 4.78 is 5.08. The summed E-state index contributed by atoms with van der Waals surface area (Å²) in [7, 11) is 1.78. The quantitative estimate of drug-likeness (QED) is 0.666. The van der Waals surface area contributed by atoms with Crippen molar-refractivity contribution in [2.45, 2.75) is 40.0 Å². The van der Waals surface area contributed by atoms with E-state index in [1.165, 1.54) is 38.9 Å². The fraction of sp³-hybridized carbons (Fsp3) is 1.00. The Balaban J connectivity index is 2.18. The van der Waals surface area contributed by atoms with Crippen LogP contribution in [0.15, 0.2) is 0 Å². The number of nitrogens with zero attached hydrogens (tertiary/aromatic N) is 1. The second kappa shape index (κ2) is 5.86. The minimum atomic E-state index is 0.499. The van der Waals surface area contributed by atoms with Crippen LogP contribution in [0, 0.1) is 11.3 Å². The predicted octanol–water partition coefficient (Wildman–Crippen LogP) is 2.78. The molecule has 0 atom stereocenters. The van der Waals surface area contributed by atoms with Crippen molar-refractivity contribution >= 4 is 0 Å². The molecule has 90 valence electrons. The average Bonchev–Trinajstić information content (AvgIpc) is 2.18. The Morgan fingerprint density at radius 2 is 1.80 bits per heavy atom. The first-order valence-corrected chi connectivity index (χ1v) is 6.25. The second-order valence-electron chi connectivity index (χ2n) is 5.83. The Kier molecular flexibility index (Phi) is 5.07. The van der Waals surface area contributed by atoms with E-state index in [0.29, 0.717) is 5.41 Å². The Labute approximate surface area is 95.0 Å². The van der Waals surface area contributed by atoms with Crippen molar-refractivity contribution in [3.8, 4) is 0 Å². The Morgan fingerprint density at radius 3 is 2.27 bits per heavy atom. The Bertz CT molecular complexity index is 166. The van der Waals surface area contributed by atoms with E-state index in [4.69, 9.17) is 4.74 Å². The van der Waals surface area contributed by atoms with Crippen molar-refractivity contribution in [1.82, 2.24) is 4.90 Å². The maximum absolute atomic E-state index is 5.08. The summed E-state index contributed by atoms with van der Waals surface area (Å²) in [5.41, 5.74) is 0.499. The van der Waals surface area contributed by atoms with Crippen LogP contribution < -0.4 is 0 Å². The van der Waals surface area contributed by atoms with Crippen molar-refractivity contribution in [3.63, 3.8) is 0 Å². The molecule has 2 heteroatoms. The molecule has 2 nitrogen and oxygen atoms in total. The van der Waals surface area contributed by atoms with E-state index in [1.807, 2.05) is 0 Å². The van der Waals surface area contributed by atoms with Gasteiger partial charge in [0.25, 0.3) is 0 Å². The summed E-state index contributed by atoms with van der Waals surface area (Å²) in [5.74, 6) is 0.913. The van der Waals surface area contributed by atoms with Gasteiger partial charge in [0.2, 0.25) is 0 Å². The smallest absolute Gasteiger partial charge is 0.0474 e. The SMILES string of the molecule is COCCCN1CCC(C(C)(C)C)CC1. The highest BCUT2D eigenvalue weighted by Gasteiger charge is 2.28. The van der Waals surface area contributed by atoms with Gasteiger partial charge in [-0.05, 0) is 43.7 Å². The van der Waals surface area contributed by atoms with Gasteiger partial charge in [0.1, 0.15) is 0 Å². The van der Waals surface area contributed by atoms with Crippen LogP contribution in [0.1, 0.15) is 40.0 Å². The molecule has 0 spiro atoms. The molecule has 0 aliphatic carbocycles. The van der Waals surface area contributed by atoms with Crippen LogP contribution in [0.5, 0.6) is 0 Å². The first-order chi connectivity index (χ1) is 7.04. The Hall–Kier alpha value is -0.0800. The number of likely N-dealkylation sites (tertiary alicyclic amines) is 1. The molecular formula is C13H27NO. The Morgan fingerprint density at radius 1 is 1.20 bits per heavy atom. The van der Waals surface area contributed by atoms with Gasteiger partial charge in [0, 0.05) is 20.3 Å². The van der Waals surface area contributed by atoms with Gasteiger partial charge in [-0.1, -0.05) is 20.8 Å². The highest BCUT2D eigenvalue weighted by molar-refractivity contribution is 4.80. The molecule has 0 aromatic heterocycles. The van der Waals surface area contributed by atoms with Gasteiger partial charge >= 0.3 is 0 Å². The lowest BCUT2D eigenvalue weighted by molar-refractivity contribution is 0.102. The molecule has 15 heavy (non-hydrogen) atoms. The summed E-state index contributed by atoms with van der Waals surface area (Å²) in [6, 6.07) is 0. The van der Waals surface area contributed by atoms with E-state index < -0.39 is 0 Å². The number of methoxy groups -OCH3 is 1. The molecule has 0 aromatic rings. The van der Waals surface area contributed by atoms with Crippen molar-refractivity contribution in [2.24, 2.45) is 11.3 Å². The lowest BCUT2D eigenvalue weighted by Crippen LogP contribution is -2.38. The summed E-state index contributed by atoms with van der Waals surface area (Å²) in [6.45, 7) is 11.8. The lowest BCUT2D eigenvalue weighted by Gasteiger charge is -2.38. The normalized spacial score (nSPS) is 20.8. The summed E-state index contributed by atoms with van der Waals surface area (Å²) in [5, 5.41) is 0. The molecule has 0 unspecified atom stereocenters. The first kappa shape index (κ1) is 13.0. The molecular weight excluding hydrogens is 186 g/mol. The van der Waals surface area contributed by atoms with Crippen LogP contribution in [-0.4, -0.2) is 38.3 Å². The fourth-order valence-electron chi connectivity index (χ4n) is 2.46. The molecule has 1 aliphatic rings. The number of piperidine rings is 1. The van der Waals surface area contributed by atoms with Gasteiger partial charge in [-0.15, -0.1) is 0 Å². The third-order valence-corrected chi connectivity index (χ3v) is 3.64. The van der Waals surface area contributed by atoms with Gasteiger partial charge in [-0.2, -0.15) is 0 Å². The van der Waals surface area contributed by atoms with Gasteiger partial charge in [0.15, 0.2) is 0 Å². The zero-order valence-corrected chi connectivity index (χ0v) is 10.9. The molecule has 0 saturated carbocycles. The van der Waals surface area contributed by atoms with Crippen LogP contribution >= 0.6 is 0 Å². The van der Waals surface area contributed by atoms with E-state index in [2.05, 4.69) is 25.7 Å². The maximum Gasteiger partial charge on any atom is 0.0474 e. The van der Waals surface area contributed by atoms with Gasteiger partial charge in [-0.25, -0.2) is 0 Å². The number of rotatable bonds is 4. The minimum Gasteiger partial charge on any atom is -0.385 e. The zero-order valence-electron chi connectivity index (χ0n) is 10.9. The highest BCUT2D eigenvalue weighted by atomic mass is 16.5. The maximum atomic E-state index is 5.08. The van der Waals surface area contributed by atoms with Crippen LogP contribution in [0.4, 0.5) is 0 Å². The van der Waals surface area contributed by atoms with Crippen LogP contribution in [-0.2, 0) is 4.74 Å². The van der Waals surface area contributed by atoms with E-state index in [1.54, 1.807) is 7.11 Å². The van der Waals surface area contributed by atoms with Crippen LogP contribution in [0.25, 0.3) is 0 Å². The number of hydrogen-bond acceptors (Lipinski definition) is 2. The summed E-state index contributed by atoms with van der Waals surface area (Å²) in [4.78, 5) is 2.58. The first-order valence-electron chi connectivity index (χ1n) is 6.25. The molecule has 1 aliphatic heterocycles. The van der Waals surface area contributed by atoms with E-state index >= 15 is 0 Å².